The van der Waals surface area contributed by atoms with Gasteiger partial charge in [-0.2, -0.15) is 0 Å². The number of halogens is 1. The topological polar surface area (TPSA) is 73.1 Å². The van der Waals surface area contributed by atoms with Crippen LogP contribution in [0.5, 0.6) is 0 Å². The van der Waals surface area contributed by atoms with Gasteiger partial charge >= 0.3 is 0 Å². The molecule has 0 radical (unpaired) electrons. The highest BCUT2D eigenvalue weighted by Crippen LogP contribution is 2.58. The average Bonchev–Trinajstić information content (AvgIpc) is 3.13. The molecule has 4 aliphatic rings. The van der Waals surface area contributed by atoms with Gasteiger partial charge in [0.1, 0.15) is 11.8 Å². The van der Waals surface area contributed by atoms with E-state index in [1.807, 2.05) is 6.33 Å². The highest BCUT2D eigenvalue weighted by molar-refractivity contribution is 6.33. The van der Waals surface area contributed by atoms with E-state index in [9.17, 15) is 5.11 Å². The molecule has 3 heterocycles. The highest BCUT2D eigenvalue weighted by Gasteiger charge is 2.58. The lowest BCUT2D eigenvalue weighted by molar-refractivity contribution is -0.0587. The highest BCUT2D eigenvalue weighted by atomic mass is 35.5. The van der Waals surface area contributed by atoms with Crippen molar-refractivity contribution in [2.75, 3.05) is 13.2 Å². The minimum absolute atomic E-state index is 0.186. The van der Waals surface area contributed by atoms with Crippen molar-refractivity contribution in [1.82, 2.24) is 19.5 Å². The molecule has 6 unspecified atom stereocenters. The lowest BCUT2D eigenvalue weighted by Gasteiger charge is -2.50. The van der Waals surface area contributed by atoms with Gasteiger partial charge in [0, 0.05) is 6.61 Å². The number of hydrogen-bond donors (Lipinski definition) is 1. The van der Waals surface area contributed by atoms with E-state index < -0.39 is 0 Å². The van der Waals surface area contributed by atoms with Gasteiger partial charge in [-0.05, 0) is 36.5 Å². The van der Waals surface area contributed by atoms with E-state index in [1.165, 1.54) is 12.7 Å². The predicted molar refractivity (Wildman–Crippen MR) is 79.4 cm³/mol. The number of aliphatic hydroxyl groups excluding tert-OH is 1. The van der Waals surface area contributed by atoms with Crippen LogP contribution < -0.4 is 0 Å². The minimum atomic E-state index is 0.186. The number of ether oxygens (including phenoxy) is 1. The van der Waals surface area contributed by atoms with Crippen molar-refractivity contribution in [2.45, 2.75) is 25.0 Å². The van der Waals surface area contributed by atoms with Gasteiger partial charge in [-0.1, -0.05) is 11.6 Å². The summed E-state index contributed by atoms with van der Waals surface area (Å²) in [5, 5.41) is 10.3. The van der Waals surface area contributed by atoms with Crippen LogP contribution in [0.1, 0.15) is 18.9 Å². The average molecular weight is 321 g/mol. The minimum Gasteiger partial charge on any atom is -0.396 e. The molecule has 116 valence electrons. The van der Waals surface area contributed by atoms with Gasteiger partial charge in [0.15, 0.2) is 10.8 Å². The Morgan fingerprint density at radius 3 is 2.95 bits per heavy atom. The second-order valence-electron chi connectivity index (χ2n) is 6.69. The van der Waals surface area contributed by atoms with Gasteiger partial charge in [0.25, 0.3) is 0 Å². The second kappa shape index (κ2) is 4.63. The molecule has 0 amide bonds. The third-order valence-electron chi connectivity index (χ3n) is 6.01. The summed E-state index contributed by atoms with van der Waals surface area (Å²) in [5.41, 5.74) is 1.40. The summed E-state index contributed by atoms with van der Waals surface area (Å²) in [6.07, 6.45) is 5.83. The number of nitrogens with zero attached hydrogens (tertiary/aromatic N) is 4. The molecule has 6 atom stereocenters. The van der Waals surface area contributed by atoms with Crippen LogP contribution in [0.4, 0.5) is 0 Å². The largest absolute Gasteiger partial charge is 0.396 e. The zero-order chi connectivity index (χ0) is 14.8. The summed E-state index contributed by atoms with van der Waals surface area (Å²) in [7, 11) is 0. The van der Waals surface area contributed by atoms with Crippen LogP contribution in [0.25, 0.3) is 11.2 Å². The molecule has 6 rings (SSSR count). The number of aromatic nitrogens is 4. The lowest BCUT2D eigenvalue weighted by Crippen LogP contribution is -2.51. The van der Waals surface area contributed by atoms with Gasteiger partial charge < -0.3 is 14.4 Å². The molecular weight excluding hydrogens is 304 g/mol. The molecule has 1 aliphatic heterocycles. The molecule has 0 spiro atoms. The Morgan fingerprint density at radius 2 is 2.09 bits per heavy atom. The number of aliphatic hydroxyl groups is 1. The zero-order valence-electron chi connectivity index (χ0n) is 12.0. The molecule has 0 aromatic carbocycles. The van der Waals surface area contributed by atoms with Crippen molar-refractivity contribution < 1.29 is 9.84 Å². The van der Waals surface area contributed by atoms with Gasteiger partial charge in [0.2, 0.25) is 0 Å². The van der Waals surface area contributed by atoms with Crippen molar-refractivity contribution in [2.24, 2.45) is 23.7 Å². The Morgan fingerprint density at radius 1 is 1.23 bits per heavy atom. The number of imidazole rings is 1. The SMILES string of the molecule is OCC1C2COC3C2CCC1C3n1cnc2c(Cl)ncnc21. The maximum atomic E-state index is 9.88. The third kappa shape index (κ3) is 1.55. The van der Waals surface area contributed by atoms with E-state index in [0.29, 0.717) is 34.3 Å². The Hall–Kier alpha value is -1.24. The van der Waals surface area contributed by atoms with E-state index in [-0.39, 0.29) is 18.8 Å². The lowest BCUT2D eigenvalue weighted by atomic mass is 9.57. The normalized spacial score (nSPS) is 39.7. The predicted octanol–water partition coefficient (Wildman–Crippen LogP) is 1.68. The summed E-state index contributed by atoms with van der Waals surface area (Å²) in [6.45, 7) is 1.01. The fourth-order valence-corrected chi connectivity index (χ4v) is 5.32. The quantitative estimate of drug-likeness (QED) is 0.852. The van der Waals surface area contributed by atoms with Gasteiger partial charge in [-0.25, -0.2) is 15.0 Å². The van der Waals surface area contributed by atoms with Crippen molar-refractivity contribution in [3.8, 4) is 0 Å². The van der Waals surface area contributed by atoms with Crippen LogP contribution in [0.15, 0.2) is 12.7 Å². The Labute approximate surface area is 132 Å². The van der Waals surface area contributed by atoms with E-state index >= 15 is 0 Å². The monoisotopic (exact) mass is 320 g/mol. The van der Waals surface area contributed by atoms with Crippen LogP contribution in [-0.4, -0.2) is 43.9 Å². The first kappa shape index (κ1) is 13.2. The van der Waals surface area contributed by atoms with Crippen LogP contribution in [0.3, 0.4) is 0 Å². The summed E-state index contributed by atoms with van der Waals surface area (Å²) in [6, 6.07) is 0.186. The maximum Gasteiger partial charge on any atom is 0.165 e. The summed E-state index contributed by atoms with van der Waals surface area (Å²) in [4.78, 5) is 12.8. The first-order chi connectivity index (χ1) is 10.8. The van der Waals surface area contributed by atoms with E-state index in [4.69, 9.17) is 16.3 Å². The van der Waals surface area contributed by atoms with Crippen LogP contribution in [0.2, 0.25) is 5.15 Å². The number of fused-ring (bicyclic) bond motifs is 2. The van der Waals surface area contributed by atoms with E-state index in [1.54, 1.807) is 0 Å². The van der Waals surface area contributed by atoms with Crippen LogP contribution >= 0.6 is 11.6 Å². The van der Waals surface area contributed by atoms with Crippen molar-refractivity contribution in [3.05, 3.63) is 17.8 Å². The summed E-state index contributed by atoms with van der Waals surface area (Å²) in [5.74, 6) is 1.79. The zero-order valence-corrected chi connectivity index (χ0v) is 12.7. The molecule has 4 bridgehead atoms. The maximum absolute atomic E-state index is 9.88. The van der Waals surface area contributed by atoms with Crippen molar-refractivity contribution in [1.29, 1.82) is 0 Å². The molecule has 6 nitrogen and oxygen atoms in total. The Kier molecular flexibility index (Phi) is 2.78. The molecule has 3 aliphatic carbocycles. The molecule has 1 N–H and O–H groups in total. The van der Waals surface area contributed by atoms with Gasteiger partial charge in [-0.3, -0.25) is 0 Å². The molecule has 1 saturated heterocycles. The third-order valence-corrected chi connectivity index (χ3v) is 6.28. The molecular formula is C15H17ClN4O2. The van der Waals surface area contributed by atoms with E-state index in [0.717, 1.165) is 18.7 Å². The standard InChI is InChI=1S/C15H17ClN4O2/c16-14-11-15(18-5-17-14)20(6-19-11)12-7-1-2-8-10(9(7)3-21)4-22-13(8)12/h5-10,12-13,21H,1-4H2. The summed E-state index contributed by atoms with van der Waals surface area (Å²) >= 11 is 6.12. The molecule has 2 aromatic rings. The molecule has 4 fully saturated rings. The smallest absolute Gasteiger partial charge is 0.165 e. The van der Waals surface area contributed by atoms with Crippen LogP contribution in [0, 0.1) is 23.7 Å². The van der Waals surface area contributed by atoms with Crippen molar-refractivity contribution in [3.63, 3.8) is 0 Å². The Bertz CT molecular complexity index is 735. The molecule has 22 heavy (non-hydrogen) atoms. The second-order valence-corrected chi connectivity index (χ2v) is 7.05. The van der Waals surface area contributed by atoms with Gasteiger partial charge in [0.05, 0.1) is 25.1 Å². The Balaban J connectivity index is 1.66. The first-order valence-corrected chi connectivity index (χ1v) is 8.23. The summed E-state index contributed by atoms with van der Waals surface area (Å²) < 4.78 is 8.23. The van der Waals surface area contributed by atoms with Gasteiger partial charge in [-0.15, -0.1) is 0 Å². The molecule has 7 heteroatoms. The van der Waals surface area contributed by atoms with Crippen LogP contribution in [-0.2, 0) is 4.74 Å². The number of rotatable bonds is 2. The fourth-order valence-electron chi connectivity index (χ4n) is 5.15. The molecule has 3 saturated carbocycles. The van der Waals surface area contributed by atoms with E-state index in [2.05, 4.69) is 19.5 Å². The number of hydrogen-bond acceptors (Lipinski definition) is 5. The molecule has 2 aromatic heterocycles. The van der Waals surface area contributed by atoms with Crippen molar-refractivity contribution >= 4 is 22.8 Å². The first-order valence-electron chi connectivity index (χ1n) is 7.85. The fraction of sp³-hybridized carbons (Fsp3) is 0.667.